The molecule has 0 saturated heterocycles. The molecule has 29 heavy (non-hydrogen) atoms. The van der Waals surface area contributed by atoms with Crippen molar-refractivity contribution >= 4 is 23.4 Å². The van der Waals surface area contributed by atoms with E-state index >= 15 is 0 Å². The van der Waals surface area contributed by atoms with E-state index in [1.807, 2.05) is 32.0 Å². The normalized spacial score (nSPS) is 12.4. The lowest BCUT2D eigenvalue weighted by Crippen LogP contribution is -2.20. The molecule has 0 aliphatic carbocycles. The molecule has 0 aliphatic rings. The summed E-state index contributed by atoms with van der Waals surface area (Å²) in [7, 11) is 0. The van der Waals surface area contributed by atoms with Gasteiger partial charge in [-0.15, -0.1) is 0 Å². The lowest BCUT2D eigenvalue weighted by atomic mass is 10.1. The Bertz CT molecular complexity index is 1010. The number of alkyl halides is 3. The van der Waals surface area contributed by atoms with E-state index in [4.69, 9.17) is 0 Å². The van der Waals surface area contributed by atoms with Crippen LogP contribution in [0.25, 0.3) is 0 Å². The highest BCUT2D eigenvalue weighted by Gasteiger charge is 2.33. The Hall–Kier alpha value is -2.87. The minimum atomic E-state index is -4.58. The van der Waals surface area contributed by atoms with E-state index in [2.05, 4.69) is 15.3 Å². The number of hydrogen-bond acceptors (Lipinski definition) is 4. The number of aryl methyl sites for hydroxylation is 2. The molecule has 8 heteroatoms. The summed E-state index contributed by atoms with van der Waals surface area (Å²) in [6, 6.07) is 15.3. The van der Waals surface area contributed by atoms with Crippen LogP contribution in [0.15, 0.2) is 66.0 Å². The van der Waals surface area contributed by atoms with Gasteiger partial charge < -0.3 is 5.32 Å². The first-order chi connectivity index (χ1) is 13.7. The predicted octanol–water partition coefficient (Wildman–Crippen LogP) is 5.58. The SMILES string of the molecule is Cc1ccc(C)c(NC(=O)C(Sc2nccc(C(F)(F)F)n2)c2ccccc2)c1. The number of amides is 1. The van der Waals surface area contributed by atoms with E-state index in [1.54, 1.807) is 30.3 Å². The zero-order valence-electron chi connectivity index (χ0n) is 15.7. The van der Waals surface area contributed by atoms with Gasteiger partial charge in [0.2, 0.25) is 5.91 Å². The van der Waals surface area contributed by atoms with Crippen LogP contribution in [0.2, 0.25) is 0 Å². The van der Waals surface area contributed by atoms with Crippen molar-refractivity contribution in [1.82, 2.24) is 9.97 Å². The summed E-state index contributed by atoms with van der Waals surface area (Å²) < 4.78 is 38.9. The fraction of sp³-hybridized carbons (Fsp3) is 0.190. The van der Waals surface area contributed by atoms with Gasteiger partial charge in [0.05, 0.1) is 0 Å². The van der Waals surface area contributed by atoms with E-state index in [-0.39, 0.29) is 11.1 Å². The molecule has 1 N–H and O–H groups in total. The number of rotatable bonds is 5. The van der Waals surface area contributed by atoms with E-state index < -0.39 is 17.1 Å². The zero-order chi connectivity index (χ0) is 21.0. The molecule has 1 unspecified atom stereocenters. The highest BCUT2D eigenvalue weighted by Crippen LogP contribution is 2.36. The minimum absolute atomic E-state index is 0.121. The van der Waals surface area contributed by atoms with Crippen LogP contribution in [0.1, 0.15) is 27.6 Å². The molecule has 1 atom stereocenters. The first-order valence-corrected chi connectivity index (χ1v) is 9.62. The number of nitrogens with one attached hydrogen (secondary N) is 1. The van der Waals surface area contributed by atoms with Gasteiger partial charge in [-0.1, -0.05) is 54.2 Å². The number of carbonyl (C=O) groups is 1. The molecule has 0 radical (unpaired) electrons. The standard InChI is InChI=1S/C21H18F3N3OS/c1-13-8-9-14(2)16(12-13)26-19(28)18(15-6-4-3-5-7-15)29-20-25-11-10-17(27-20)21(22,23)24/h3-12,18H,1-2H3,(H,26,28). The molecule has 0 fully saturated rings. The van der Waals surface area contributed by atoms with Crippen LogP contribution in [-0.4, -0.2) is 15.9 Å². The summed E-state index contributed by atoms with van der Waals surface area (Å²) in [5.41, 5.74) is 2.12. The smallest absolute Gasteiger partial charge is 0.325 e. The molecular weight excluding hydrogens is 399 g/mol. The van der Waals surface area contributed by atoms with Crippen molar-refractivity contribution in [3.8, 4) is 0 Å². The third-order valence-electron chi connectivity index (χ3n) is 4.14. The van der Waals surface area contributed by atoms with Gasteiger partial charge in [0.25, 0.3) is 0 Å². The molecule has 0 bridgehead atoms. The maximum absolute atomic E-state index is 13.1. The Morgan fingerprint density at radius 1 is 1.07 bits per heavy atom. The van der Waals surface area contributed by atoms with E-state index in [9.17, 15) is 18.0 Å². The topological polar surface area (TPSA) is 54.9 Å². The highest BCUT2D eigenvalue weighted by atomic mass is 32.2. The molecule has 0 spiro atoms. The van der Waals surface area contributed by atoms with Gasteiger partial charge in [0, 0.05) is 11.9 Å². The number of halogens is 3. The number of benzene rings is 2. The van der Waals surface area contributed by atoms with Crippen molar-refractivity contribution in [2.45, 2.75) is 30.4 Å². The lowest BCUT2D eigenvalue weighted by Gasteiger charge is -2.18. The molecule has 4 nitrogen and oxygen atoms in total. The van der Waals surface area contributed by atoms with Crippen LogP contribution >= 0.6 is 11.8 Å². The van der Waals surface area contributed by atoms with Gasteiger partial charge in [-0.2, -0.15) is 13.2 Å². The van der Waals surface area contributed by atoms with Crippen LogP contribution in [0.5, 0.6) is 0 Å². The molecule has 2 aromatic carbocycles. The number of thioether (sulfide) groups is 1. The van der Waals surface area contributed by atoms with Crippen molar-refractivity contribution in [2.75, 3.05) is 5.32 Å². The van der Waals surface area contributed by atoms with Crippen molar-refractivity contribution < 1.29 is 18.0 Å². The Kier molecular flexibility index (Phi) is 6.22. The number of aromatic nitrogens is 2. The molecular formula is C21H18F3N3OS. The van der Waals surface area contributed by atoms with Crippen LogP contribution in [0, 0.1) is 13.8 Å². The average Bonchev–Trinajstić information content (AvgIpc) is 2.69. The van der Waals surface area contributed by atoms with Gasteiger partial charge >= 0.3 is 6.18 Å². The van der Waals surface area contributed by atoms with E-state index in [0.717, 1.165) is 35.2 Å². The second kappa shape index (κ2) is 8.65. The van der Waals surface area contributed by atoms with Crippen LogP contribution in [0.4, 0.5) is 18.9 Å². The summed E-state index contributed by atoms with van der Waals surface area (Å²) >= 11 is 0.875. The quantitative estimate of drug-likeness (QED) is 0.435. The van der Waals surface area contributed by atoms with Crippen LogP contribution < -0.4 is 5.32 Å². The summed E-state index contributed by atoms with van der Waals surface area (Å²) in [6.07, 6.45) is -3.54. The number of carbonyl (C=O) groups excluding carboxylic acids is 1. The van der Waals surface area contributed by atoms with Crippen LogP contribution in [-0.2, 0) is 11.0 Å². The molecule has 1 heterocycles. The summed E-state index contributed by atoms with van der Waals surface area (Å²) in [4.78, 5) is 20.5. The van der Waals surface area contributed by atoms with Crippen molar-refractivity contribution in [3.05, 3.63) is 83.2 Å². The third kappa shape index (κ3) is 5.35. The summed E-state index contributed by atoms with van der Waals surface area (Å²) in [5.74, 6) is -0.365. The first kappa shape index (κ1) is 20.9. The van der Waals surface area contributed by atoms with Gasteiger partial charge in [0.15, 0.2) is 5.16 Å². The number of anilines is 1. The van der Waals surface area contributed by atoms with E-state index in [1.165, 1.54) is 0 Å². The predicted molar refractivity (Wildman–Crippen MR) is 107 cm³/mol. The Labute approximate surface area is 170 Å². The largest absolute Gasteiger partial charge is 0.433 e. The maximum atomic E-state index is 13.1. The van der Waals surface area contributed by atoms with Crippen LogP contribution in [0.3, 0.4) is 0 Å². The first-order valence-electron chi connectivity index (χ1n) is 8.74. The third-order valence-corrected chi connectivity index (χ3v) is 5.27. The van der Waals surface area contributed by atoms with Gasteiger partial charge in [-0.25, -0.2) is 9.97 Å². The fourth-order valence-corrected chi connectivity index (χ4v) is 3.57. The Morgan fingerprint density at radius 3 is 2.48 bits per heavy atom. The van der Waals surface area contributed by atoms with Gasteiger partial charge in [-0.05, 0) is 42.7 Å². The zero-order valence-corrected chi connectivity index (χ0v) is 16.5. The average molecular weight is 417 g/mol. The van der Waals surface area contributed by atoms with Crippen molar-refractivity contribution in [3.63, 3.8) is 0 Å². The molecule has 1 aromatic heterocycles. The molecule has 0 aliphatic heterocycles. The van der Waals surface area contributed by atoms with Crippen molar-refractivity contribution in [1.29, 1.82) is 0 Å². The Balaban J connectivity index is 1.92. The fourth-order valence-electron chi connectivity index (χ4n) is 2.63. The highest BCUT2D eigenvalue weighted by molar-refractivity contribution is 8.00. The second-order valence-corrected chi connectivity index (χ2v) is 7.51. The number of hydrogen-bond donors (Lipinski definition) is 1. The molecule has 150 valence electrons. The molecule has 3 aromatic rings. The van der Waals surface area contributed by atoms with Gasteiger partial charge in [0.1, 0.15) is 10.9 Å². The monoisotopic (exact) mass is 417 g/mol. The maximum Gasteiger partial charge on any atom is 0.433 e. The second-order valence-electron chi connectivity index (χ2n) is 6.44. The summed E-state index contributed by atoms with van der Waals surface area (Å²) in [5, 5.41) is 1.94. The molecule has 0 saturated carbocycles. The molecule has 3 rings (SSSR count). The van der Waals surface area contributed by atoms with Crippen molar-refractivity contribution in [2.24, 2.45) is 0 Å². The summed E-state index contributed by atoms with van der Waals surface area (Å²) in [6.45, 7) is 3.78. The lowest BCUT2D eigenvalue weighted by molar-refractivity contribution is -0.141. The molecule has 1 amide bonds. The van der Waals surface area contributed by atoms with E-state index in [0.29, 0.717) is 11.3 Å². The van der Waals surface area contributed by atoms with Gasteiger partial charge in [-0.3, -0.25) is 4.79 Å². The number of nitrogens with zero attached hydrogens (tertiary/aromatic N) is 2. The minimum Gasteiger partial charge on any atom is -0.325 e. The Morgan fingerprint density at radius 2 is 1.79 bits per heavy atom.